The topological polar surface area (TPSA) is 77.0 Å². The minimum absolute atomic E-state index is 0.0312. The summed E-state index contributed by atoms with van der Waals surface area (Å²) in [6.45, 7) is 13.9. The molecule has 0 fully saturated rings. The number of amides is 2. The van der Waals surface area contributed by atoms with E-state index in [0.717, 1.165) is 0 Å². The number of carbonyl (C=O) groups is 2. The second-order valence-corrected chi connectivity index (χ2v) is 6.39. The lowest BCUT2D eigenvalue weighted by Gasteiger charge is -2.26. The van der Waals surface area contributed by atoms with Crippen LogP contribution in [-0.2, 0) is 9.59 Å². The molecule has 0 aliphatic carbocycles. The SMILES string of the molecule is CCNC(=NCC(=O)NC(C)(C)C)N(C)CC(=O)N(CC)CC. The van der Waals surface area contributed by atoms with E-state index in [2.05, 4.69) is 15.6 Å². The monoisotopic (exact) mass is 327 g/mol. The molecule has 0 saturated carbocycles. The summed E-state index contributed by atoms with van der Waals surface area (Å²) in [5, 5.41) is 5.97. The van der Waals surface area contributed by atoms with E-state index in [4.69, 9.17) is 0 Å². The van der Waals surface area contributed by atoms with Crippen molar-refractivity contribution in [2.75, 3.05) is 39.8 Å². The Balaban J connectivity index is 4.78. The van der Waals surface area contributed by atoms with Crippen LogP contribution in [-0.4, -0.2) is 72.9 Å². The van der Waals surface area contributed by atoms with E-state index in [1.165, 1.54) is 0 Å². The Morgan fingerprint density at radius 2 is 1.65 bits per heavy atom. The van der Waals surface area contributed by atoms with Gasteiger partial charge in [0.1, 0.15) is 6.54 Å². The van der Waals surface area contributed by atoms with Crippen LogP contribution in [0.2, 0.25) is 0 Å². The fourth-order valence-corrected chi connectivity index (χ4v) is 2.03. The summed E-state index contributed by atoms with van der Waals surface area (Å²) in [7, 11) is 1.80. The molecule has 0 aliphatic heterocycles. The highest BCUT2D eigenvalue weighted by Crippen LogP contribution is 1.98. The van der Waals surface area contributed by atoms with Gasteiger partial charge in [-0.05, 0) is 41.5 Å². The summed E-state index contributed by atoms with van der Waals surface area (Å²) in [6, 6.07) is 0. The Kier molecular flexibility index (Phi) is 9.29. The third kappa shape index (κ3) is 9.05. The number of hydrogen-bond donors (Lipinski definition) is 2. The van der Waals surface area contributed by atoms with Gasteiger partial charge < -0.3 is 20.4 Å². The molecule has 0 heterocycles. The molecule has 7 heteroatoms. The van der Waals surface area contributed by atoms with Crippen LogP contribution in [0.25, 0.3) is 0 Å². The average Bonchev–Trinajstić information content (AvgIpc) is 2.42. The first-order valence-electron chi connectivity index (χ1n) is 8.22. The lowest BCUT2D eigenvalue weighted by atomic mass is 10.1. The van der Waals surface area contributed by atoms with Crippen molar-refractivity contribution in [3.8, 4) is 0 Å². The standard InChI is InChI=1S/C16H33N5O2/c1-8-17-15(18-11-13(22)19-16(4,5)6)20(7)12-14(23)21(9-2)10-3/h8-12H2,1-7H3,(H,17,18)(H,19,22). The van der Waals surface area contributed by atoms with Crippen LogP contribution in [0.3, 0.4) is 0 Å². The highest BCUT2D eigenvalue weighted by molar-refractivity contribution is 5.88. The maximum Gasteiger partial charge on any atom is 0.242 e. The van der Waals surface area contributed by atoms with Gasteiger partial charge in [0.05, 0.1) is 6.54 Å². The molecule has 0 aromatic rings. The highest BCUT2D eigenvalue weighted by atomic mass is 16.2. The van der Waals surface area contributed by atoms with E-state index in [-0.39, 0.29) is 30.4 Å². The number of guanidine groups is 1. The Bertz CT molecular complexity index is 411. The van der Waals surface area contributed by atoms with Gasteiger partial charge in [0, 0.05) is 32.2 Å². The van der Waals surface area contributed by atoms with Gasteiger partial charge in [0.15, 0.2) is 5.96 Å². The number of hydrogen-bond acceptors (Lipinski definition) is 3. The summed E-state index contributed by atoms with van der Waals surface area (Å²) in [5.41, 5.74) is -0.282. The first-order chi connectivity index (χ1) is 10.6. The molecule has 0 aliphatic rings. The van der Waals surface area contributed by atoms with E-state index >= 15 is 0 Å². The molecule has 0 unspecified atom stereocenters. The summed E-state index contributed by atoms with van der Waals surface area (Å²) < 4.78 is 0. The molecule has 0 aromatic carbocycles. The second-order valence-electron chi connectivity index (χ2n) is 6.39. The largest absolute Gasteiger partial charge is 0.356 e. The lowest BCUT2D eigenvalue weighted by Crippen LogP contribution is -2.46. The van der Waals surface area contributed by atoms with Crippen molar-refractivity contribution in [3.05, 3.63) is 0 Å². The molecule has 0 atom stereocenters. The van der Waals surface area contributed by atoms with Gasteiger partial charge in [-0.2, -0.15) is 0 Å². The summed E-state index contributed by atoms with van der Waals surface area (Å²) >= 11 is 0. The lowest BCUT2D eigenvalue weighted by molar-refractivity contribution is -0.131. The van der Waals surface area contributed by atoms with E-state index in [0.29, 0.717) is 25.6 Å². The smallest absolute Gasteiger partial charge is 0.242 e. The van der Waals surface area contributed by atoms with Crippen LogP contribution >= 0.6 is 0 Å². The normalized spacial score (nSPS) is 11.9. The van der Waals surface area contributed by atoms with Gasteiger partial charge in [0.25, 0.3) is 0 Å². The molecular formula is C16H33N5O2. The molecule has 0 rings (SSSR count). The van der Waals surface area contributed by atoms with Crippen molar-refractivity contribution in [2.24, 2.45) is 4.99 Å². The van der Waals surface area contributed by atoms with Gasteiger partial charge in [0.2, 0.25) is 11.8 Å². The van der Waals surface area contributed by atoms with Crippen molar-refractivity contribution < 1.29 is 9.59 Å². The molecule has 0 saturated heterocycles. The quantitative estimate of drug-likeness (QED) is 0.532. The van der Waals surface area contributed by atoms with Crippen LogP contribution < -0.4 is 10.6 Å². The van der Waals surface area contributed by atoms with E-state index in [1.807, 2.05) is 41.5 Å². The van der Waals surface area contributed by atoms with Crippen molar-refractivity contribution >= 4 is 17.8 Å². The second kappa shape index (κ2) is 10.1. The van der Waals surface area contributed by atoms with Crippen LogP contribution in [0.5, 0.6) is 0 Å². The van der Waals surface area contributed by atoms with Crippen molar-refractivity contribution in [1.82, 2.24) is 20.4 Å². The molecular weight excluding hydrogens is 294 g/mol. The maximum absolute atomic E-state index is 12.2. The van der Waals surface area contributed by atoms with Crippen LogP contribution in [0.4, 0.5) is 0 Å². The zero-order chi connectivity index (χ0) is 18.0. The Morgan fingerprint density at radius 1 is 1.09 bits per heavy atom. The predicted molar refractivity (Wildman–Crippen MR) is 94.4 cm³/mol. The van der Waals surface area contributed by atoms with Crippen molar-refractivity contribution in [2.45, 2.75) is 47.1 Å². The zero-order valence-corrected chi connectivity index (χ0v) is 15.7. The molecule has 23 heavy (non-hydrogen) atoms. The molecule has 2 amide bonds. The third-order valence-electron chi connectivity index (χ3n) is 3.07. The Labute approximate surface area is 140 Å². The highest BCUT2D eigenvalue weighted by Gasteiger charge is 2.16. The molecule has 0 bridgehead atoms. The fourth-order valence-electron chi connectivity index (χ4n) is 2.03. The van der Waals surface area contributed by atoms with Gasteiger partial charge in [-0.3, -0.25) is 9.59 Å². The first-order valence-corrected chi connectivity index (χ1v) is 8.22. The third-order valence-corrected chi connectivity index (χ3v) is 3.07. The summed E-state index contributed by atoms with van der Waals surface area (Å²) in [6.07, 6.45) is 0. The molecule has 0 radical (unpaired) electrons. The number of aliphatic imine (C=N–C) groups is 1. The molecule has 0 spiro atoms. The molecule has 7 nitrogen and oxygen atoms in total. The van der Waals surface area contributed by atoms with Crippen molar-refractivity contribution in [1.29, 1.82) is 0 Å². The number of carbonyl (C=O) groups excluding carboxylic acids is 2. The van der Waals surface area contributed by atoms with E-state index in [9.17, 15) is 9.59 Å². The fraction of sp³-hybridized carbons (Fsp3) is 0.812. The minimum Gasteiger partial charge on any atom is -0.356 e. The molecule has 134 valence electrons. The van der Waals surface area contributed by atoms with Crippen LogP contribution in [0.15, 0.2) is 4.99 Å². The average molecular weight is 327 g/mol. The number of nitrogens with zero attached hydrogens (tertiary/aromatic N) is 3. The molecule has 0 aromatic heterocycles. The van der Waals surface area contributed by atoms with Gasteiger partial charge in [-0.1, -0.05) is 0 Å². The number of nitrogens with one attached hydrogen (secondary N) is 2. The summed E-state index contributed by atoms with van der Waals surface area (Å²) in [5.74, 6) is 0.454. The maximum atomic E-state index is 12.2. The van der Waals surface area contributed by atoms with E-state index in [1.54, 1.807) is 16.8 Å². The first kappa shape index (κ1) is 21.2. The van der Waals surface area contributed by atoms with Crippen LogP contribution in [0.1, 0.15) is 41.5 Å². The minimum atomic E-state index is -0.282. The predicted octanol–water partition coefficient (Wildman–Crippen LogP) is 0.667. The van der Waals surface area contributed by atoms with Crippen molar-refractivity contribution in [3.63, 3.8) is 0 Å². The number of likely N-dealkylation sites (N-methyl/N-ethyl adjacent to an activating group) is 2. The number of rotatable bonds is 7. The van der Waals surface area contributed by atoms with Gasteiger partial charge >= 0.3 is 0 Å². The van der Waals surface area contributed by atoms with E-state index < -0.39 is 0 Å². The van der Waals surface area contributed by atoms with Gasteiger partial charge in [-0.15, -0.1) is 0 Å². The Morgan fingerprint density at radius 3 is 2.09 bits per heavy atom. The summed E-state index contributed by atoms with van der Waals surface area (Å²) in [4.78, 5) is 31.9. The molecule has 2 N–H and O–H groups in total. The van der Waals surface area contributed by atoms with Crippen LogP contribution in [0, 0.1) is 0 Å². The zero-order valence-electron chi connectivity index (χ0n) is 15.7. The van der Waals surface area contributed by atoms with Gasteiger partial charge in [-0.25, -0.2) is 4.99 Å². The Hall–Kier alpha value is -1.79.